The van der Waals surface area contributed by atoms with Crippen LogP contribution in [0.1, 0.15) is 76.1 Å². The van der Waals surface area contributed by atoms with Gasteiger partial charge in [-0.15, -0.1) is 0 Å². The molecule has 0 aromatic heterocycles. The SMILES string of the molecule is CC(=O)N[C@@H]1C(OCCOCCOCCNC(=O)c2cc(NC(=O)CN)cc(C(=O)NCCOCCOCCOC3O[C@H](COC(C)=O)[C@H](OC(C)=O)[C@H](OC(C)=O)[C@H]3NC(C)=O)c2)O[C@@H](COC(C)=O)[C@@H](OC(C)=O)[C@H]1OC(C)=O. The Hall–Kier alpha value is -6.97. The van der Waals surface area contributed by atoms with Gasteiger partial charge in [-0.25, -0.2) is 0 Å². The molecule has 2 heterocycles. The maximum absolute atomic E-state index is 13.2. The minimum absolute atomic E-state index is 0.000438. The molecular weight excluding hydrogens is 1080 g/mol. The summed E-state index contributed by atoms with van der Waals surface area (Å²) >= 11 is 0. The Morgan fingerprint density at radius 1 is 0.457 bits per heavy atom. The molecule has 2 saturated heterocycles. The maximum atomic E-state index is 13.2. The highest BCUT2D eigenvalue weighted by Crippen LogP contribution is 2.30. The van der Waals surface area contributed by atoms with Gasteiger partial charge in [-0.2, -0.15) is 0 Å². The zero-order valence-corrected chi connectivity index (χ0v) is 46.4. The van der Waals surface area contributed by atoms with Crippen molar-refractivity contribution < 1.29 is 119 Å². The van der Waals surface area contributed by atoms with Crippen molar-refractivity contribution in [2.45, 2.75) is 117 Å². The molecule has 2 aliphatic rings. The third-order valence-corrected chi connectivity index (χ3v) is 10.9. The van der Waals surface area contributed by atoms with E-state index in [1.807, 2.05) is 0 Å². The number of amides is 5. The molecule has 2 fully saturated rings. The van der Waals surface area contributed by atoms with Crippen LogP contribution in [0.2, 0.25) is 0 Å². The number of rotatable bonds is 34. The number of hydrogen-bond acceptors (Lipinski definition) is 26. The second-order valence-corrected chi connectivity index (χ2v) is 17.7. The lowest BCUT2D eigenvalue weighted by atomic mass is 9.96. The molecule has 31 heteroatoms. The summed E-state index contributed by atoms with van der Waals surface area (Å²) in [6, 6.07) is 1.76. The first kappa shape index (κ1) is 68.3. The van der Waals surface area contributed by atoms with E-state index in [2.05, 4.69) is 26.6 Å². The van der Waals surface area contributed by atoms with Crippen molar-refractivity contribution in [3.05, 3.63) is 29.3 Å². The number of benzene rings is 1. The fourth-order valence-electron chi connectivity index (χ4n) is 7.81. The molecular formula is C50H74N6O25. The van der Waals surface area contributed by atoms with Crippen LogP contribution in [0, 0.1) is 0 Å². The van der Waals surface area contributed by atoms with Crippen LogP contribution < -0.4 is 32.3 Å². The van der Waals surface area contributed by atoms with E-state index < -0.39 is 140 Å². The van der Waals surface area contributed by atoms with Crippen molar-refractivity contribution in [3.63, 3.8) is 0 Å². The molecule has 1 aromatic rings. The average molecular weight is 1160 g/mol. The monoisotopic (exact) mass is 1160 g/mol. The molecule has 2 aliphatic heterocycles. The van der Waals surface area contributed by atoms with Crippen LogP contribution in [-0.4, -0.2) is 226 Å². The third-order valence-electron chi connectivity index (χ3n) is 10.9. The zero-order valence-electron chi connectivity index (χ0n) is 46.4. The number of esters is 6. The molecule has 0 radical (unpaired) electrons. The van der Waals surface area contributed by atoms with E-state index >= 15 is 0 Å². The van der Waals surface area contributed by atoms with Crippen molar-refractivity contribution in [1.29, 1.82) is 0 Å². The molecule has 31 nitrogen and oxygen atoms in total. The van der Waals surface area contributed by atoms with Gasteiger partial charge in [0.05, 0.1) is 72.6 Å². The highest BCUT2D eigenvalue weighted by Gasteiger charge is 2.53. The number of nitrogens with one attached hydrogen (secondary N) is 5. The van der Waals surface area contributed by atoms with Gasteiger partial charge >= 0.3 is 35.8 Å². The molecule has 10 atom stereocenters. The molecule has 7 N–H and O–H groups in total. The highest BCUT2D eigenvalue weighted by molar-refractivity contribution is 6.03. The second kappa shape index (κ2) is 36.4. The summed E-state index contributed by atoms with van der Waals surface area (Å²) in [6.07, 6.45) is -9.95. The summed E-state index contributed by atoms with van der Waals surface area (Å²) < 4.78 is 77.7. The smallest absolute Gasteiger partial charge is 0.303 e. The van der Waals surface area contributed by atoms with Crippen molar-refractivity contribution >= 4 is 71.0 Å². The minimum Gasteiger partial charge on any atom is -0.463 e. The van der Waals surface area contributed by atoms with Crippen LogP contribution in [0.25, 0.3) is 0 Å². The largest absolute Gasteiger partial charge is 0.463 e. The lowest BCUT2D eigenvalue weighted by molar-refractivity contribution is -0.279. The number of anilines is 1. The molecule has 0 bridgehead atoms. The van der Waals surface area contributed by atoms with Crippen LogP contribution in [0.3, 0.4) is 0 Å². The van der Waals surface area contributed by atoms with Gasteiger partial charge in [0, 0.05) is 85.3 Å². The van der Waals surface area contributed by atoms with E-state index in [0.717, 1.165) is 41.5 Å². The van der Waals surface area contributed by atoms with Crippen LogP contribution >= 0.6 is 0 Å². The van der Waals surface area contributed by atoms with Crippen molar-refractivity contribution in [3.8, 4) is 0 Å². The highest BCUT2D eigenvalue weighted by atomic mass is 16.7. The van der Waals surface area contributed by atoms with Gasteiger partial charge in [0.15, 0.2) is 37.0 Å². The van der Waals surface area contributed by atoms with Gasteiger partial charge in [0.1, 0.15) is 37.5 Å². The fourth-order valence-corrected chi connectivity index (χ4v) is 7.81. The lowest BCUT2D eigenvalue weighted by Gasteiger charge is -2.44. The normalized spacial score (nSPS) is 22.1. The Kier molecular flexibility index (Phi) is 30.7. The first-order chi connectivity index (χ1) is 38.5. The Morgan fingerprint density at radius 2 is 0.802 bits per heavy atom. The summed E-state index contributed by atoms with van der Waals surface area (Å²) in [5.74, 6) is -7.15. The van der Waals surface area contributed by atoms with Crippen LogP contribution in [-0.2, 0) is 109 Å². The molecule has 454 valence electrons. The van der Waals surface area contributed by atoms with Gasteiger partial charge < -0.3 is 98.6 Å². The van der Waals surface area contributed by atoms with Crippen molar-refractivity contribution in [2.75, 3.05) is 104 Å². The quantitative estimate of drug-likeness (QED) is 0.0235. The average Bonchev–Trinajstić information content (AvgIpc) is 3.40. The molecule has 1 aromatic carbocycles. The Balaban J connectivity index is 1.43. The summed E-state index contributed by atoms with van der Waals surface area (Å²) in [5, 5.41) is 13.1. The molecule has 3 rings (SSSR count). The summed E-state index contributed by atoms with van der Waals surface area (Å²) in [7, 11) is 0. The maximum Gasteiger partial charge on any atom is 0.303 e. The summed E-state index contributed by atoms with van der Waals surface area (Å²) in [4.78, 5) is 134. The van der Waals surface area contributed by atoms with Crippen molar-refractivity contribution in [1.82, 2.24) is 21.3 Å². The number of carbonyl (C=O) groups is 11. The van der Waals surface area contributed by atoms with Gasteiger partial charge in [0.25, 0.3) is 11.8 Å². The topological polar surface area (TPSA) is 403 Å². The predicted octanol–water partition coefficient (Wildman–Crippen LogP) is -2.54. The number of hydrogen-bond donors (Lipinski definition) is 6. The Morgan fingerprint density at radius 3 is 1.14 bits per heavy atom. The van der Waals surface area contributed by atoms with E-state index in [9.17, 15) is 52.7 Å². The summed E-state index contributed by atoms with van der Waals surface area (Å²) in [5.41, 5.74) is 5.67. The van der Waals surface area contributed by atoms with Crippen LogP contribution in [0.5, 0.6) is 0 Å². The first-order valence-corrected chi connectivity index (χ1v) is 25.6. The standard InChI is InChI=1S/C50H74N6O25/c1-27(57)54-41-45(78-33(7)63)43(76-31(5)61)38(25-74-29(3)59)80-49(41)72-19-17-70-15-13-68-11-9-52-47(66)35-21-36(23-37(22-35)56-40(65)24-51)48(67)53-10-12-69-14-16-71-18-20-73-50-42(55-28(2)58)46(79-34(8)64)44(77-32(6)62)39(81-50)26-75-30(4)60/h21-23,38-39,41-46,49-50H,9-20,24-26,51H2,1-8H3,(H,52,66)(H,53,67)(H,54,57)(H,55,58)(H,56,65)/t38-,39+,41-,42+,43+,44-,45-,46+,49?,50?. The second-order valence-electron chi connectivity index (χ2n) is 17.7. The van der Waals surface area contributed by atoms with Crippen LogP contribution in [0.15, 0.2) is 18.2 Å². The van der Waals surface area contributed by atoms with E-state index in [4.69, 9.17) is 72.0 Å². The van der Waals surface area contributed by atoms with Gasteiger partial charge in [-0.3, -0.25) is 52.7 Å². The minimum atomic E-state index is -1.29. The number of carbonyl (C=O) groups excluding carboxylic acids is 11. The molecule has 2 unspecified atom stereocenters. The van der Waals surface area contributed by atoms with Crippen LogP contribution in [0.4, 0.5) is 5.69 Å². The van der Waals surface area contributed by atoms with E-state index in [1.54, 1.807) is 0 Å². The number of nitrogens with two attached hydrogens (primary N) is 1. The fraction of sp³-hybridized carbons (Fsp3) is 0.660. The summed E-state index contributed by atoms with van der Waals surface area (Å²) in [6.45, 7) is 8.43. The van der Waals surface area contributed by atoms with Gasteiger partial charge in [-0.05, 0) is 18.2 Å². The van der Waals surface area contributed by atoms with E-state index in [0.29, 0.717) is 0 Å². The van der Waals surface area contributed by atoms with Crippen molar-refractivity contribution in [2.24, 2.45) is 5.73 Å². The zero-order chi connectivity index (χ0) is 60.0. The molecule has 81 heavy (non-hydrogen) atoms. The predicted molar refractivity (Wildman–Crippen MR) is 272 cm³/mol. The van der Waals surface area contributed by atoms with Gasteiger partial charge in [-0.1, -0.05) is 0 Å². The van der Waals surface area contributed by atoms with E-state index in [1.165, 1.54) is 32.0 Å². The first-order valence-electron chi connectivity index (χ1n) is 25.6. The molecule has 0 spiro atoms. The Bertz CT molecular complexity index is 2150. The molecule has 0 saturated carbocycles. The van der Waals surface area contributed by atoms with Gasteiger partial charge in [0.2, 0.25) is 17.7 Å². The number of ether oxygens (including phenoxy) is 14. The Labute approximate surface area is 466 Å². The molecule has 0 aliphatic carbocycles. The lowest BCUT2D eigenvalue weighted by Crippen LogP contribution is -2.66. The van der Waals surface area contributed by atoms with E-state index in [-0.39, 0.29) is 103 Å². The third kappa shape index (κ3) is 26.0. The molecule has 5 amide bonds.